The zero-order valence-corrected chi connectivity index (χ0v) is 21.6. The number of ether oxygens (including phenoxy) is 2. The van der Waals surface area contributed by atoms with E-state index in [1.165, 1.54) is 10.5 Å². The molecule has 0 saturated carbocycles. The summed E-state index contributed by atoms with van der Waals surface area (Å²) >= 11 is 0. The van der Waals surface area contributed by atoms with E-state index in [0.717, 1.165) is 23.1 Å². The Bertz CT molecular complexity index is 1280. The van der Waals surface area contributed by atoms with Crippen molar-refractivity contribution in [2.75, 3.05) is 20.3 Å². The summed E-state index contributed by atoms with van der Waals surface area (Å²) in [5.74, 6) is -0.841. The highest BCUT2D eigenvalue weighted by atomic mass is 16.5. The van der Waals surface area contributed by atoms with E-state index in [9.17, 15) is 14.7 Å². The number of Topliss-reactive ketones (excluding diaryl/α,β-unsaturated/α-hetero) is 1. The number of carbonyl (C=O) groups excluding carboxylic acids is 2. The van der Waals surface area contributed by atoms with Gasteiger partial charge < -0.3 is 19.5 Å². The second-order valence-corrected chi connectivity index (χ2v) is 9.24. The molecule has 37 heavy (non-hydrogen) atoms. The van der Waals surface area contributed by atoms with Gasteiger partial charge in [0.2, 0.25) is 0 Å². The van der Waals surface area contributed by atoms with E-state index in [0.29, 0.717) is 37.5 Å². The molecular weight excluding hydrogens is 466 g/mol. The summed E-state index contributed by atoms with van der Waals surface area (Å²) in [6.45, 7) is 5.34. The second-order valence-electron chi connectivity index (χ2n) is 9.24. The average molecular weight is 500 g/mol. The van der Waals surface area contributed by atoms with Crippen molar-refractivity contribution in [3.05, 3.63) is 106 Å². The van der Waals surface area contributed by atoms with Gasteiger partial charge in [-0.1, -0.05) is 61.0 Å². The van der Waals surface area contributed by atoms with Crippen LogP contribution in [-0.4, -0.2) is 42.0 Å². The van der Waals surface area contributed by atoms with Crippen molar-refractivity contribution in [1.82, 2.24) is 4.90 Å². The van der Waals surface area contributed by atoms with Gasteiger partial charge in [0, 0.05) is 25.8 Å². The summed E-state index contributed by atoms with van der Waals surface area (Å²) in [5, 5.41) is 11.3. The van der Waals surface area contributed by atoms with Gasteiger partial charge in [0.15, 0.2) is 0 Å². The predicted octanol–water partition coefficient (Wildman–Crippen LogP) is 5.59. The van der Waals surface area contributed by atoms with Crippen LogP contribution in [-0.2, 0) is 27.4 Å². The topological polar surface area (TPSA) is 76.1 Å². The Hall–Kier alpha value is -3.90. The number of hydrogen-bond donors (Lipinski definition) is 1. The van der Waals surface area contributed by atoms with Crippen LogP contribution in [0.1, 0.15) is 47.2 Å². The van der Waals surface area contributed by atoms with Crippen LogP contribution in [0.2, 0.25) is 0 Å². The zero-order valence-electron chi connectivity index (χ0n) is 21.6. The molecule has 1 N–H and O–H groups in total. The number of hydrogen-bond acceptors (Lipinski definition) is 5. The maximum atomic E-state index is 13.2. The molecule has 1 amide bonds. The summed E-state index contributed by atoms with van der Waals surface area (Å²) in [6, 6.07) is 22.2. The SMILES string of the molecule is CCc1ccc([C@H]2/C(=C(\O)c3ccc(OCc4cccc(C)c4)cc3)C(=O)C(=O)N2CCCOC)cc1. The van der Waals surface area contributed by atoms with Gasteiger partial charge in [0.25, 0.3) is 11.7 Å². The number of aliphatic hydroxyl groups is 1. The van der Waals surface area contributed by atoms with Crippen LogP contribution in [0.3, 0.4) is 0 Å². The van der Waals surface area contributed by atoms with Crippen molar-refractivity contribution in [1.29, 1.82) is 0 Å². The Labute approximate surface area is 218 Å². The number of aryl methyl sites for hydroxylation is 2. The van der Waals surface area contributed by atoms with Gasteiger partial charge in [-0.2, -0.15) is 0 Å². The zero-order chi connectivity index (χ0) is 26.4. The Morgan fingerprint density at radius 2 is 1.70 bits per heavy atom. The fourth-order valence-corrected chi connectivity index (χ4v) is 4.61. The highest BCUT2D eigenvalue weighted by Gasteiger charge is 2.45. The third kappa shape index (κ3) is 5.92. The van der Waals surface area contributed by atoms with Crippen molar-refractivity contribution < 1.29 is 24.2 Å². The van der Waals surface area contributed by atoms with Crippen molar-refractivity contribution in [3.63, 3.8) is 0 Å². The number of methoxy groups -OCH3 is 1. The van der Waals surface area contributed by atoms with Crippen LogP contribution >= 0.6 is 0 Å². The fourth-order valence-electron chi connectivity index (χ4n) is 4.61. The van der Waals surface area contributed by atoms with E-state index in [4.69, 9.17) is 9.47 Å². The Morgan fingerprint density at radius 3 is 2.35 bits per heavy atom. The summed E-state index contributed by atoms with van der Waals surface area (Å²) in [5.41, 5.74) is 4.72. The van der Waals surface area contributed by atoms with Crippen LogP contribution < -0.4 is 4.74 Å². The van der Waals surface area contributed by atoms with Crippen LogP contribution in [0.4, 0.5) is 0 Å². The van der Waals surface area contributed by atoms with Crippen molar-refractivity contribution in [2.24, 2.45) is 0 Å². The minimum atomic E-state index is -0.681. The van der Waals surface area contributed by atoms with Crippen LogP contribution in [0.25, 0.3) is 5.76 Å². The first-order chi connectivity index (χ1) is 17.9. The van der Waals surface area contributed by atoms with Gasteiger partial charge in [0.05, 0.1) is 11.6 Å². The predicted molar refractivity (Wildman–Crippen MR) is 143 cm³/mol. The van der Waals surface area contributed by atoms with Gasteiger partial charge in [0.1, 0.15) is 18.1 Å². The molecule has 0 bridgehead atoms. The van der Waals surface area contributed by atoms with Gasteiger partial charge in [-0.15, -0.1) is 0 Å². The molecule has 1 atom stereocenters. The first-order valence-corrected chi connectivity index (χ1v) is 12.6. The maximum Gasteiger partial charge on any atom is 0.295 e. The normalized spacial score (nSPS) is 16.8. The second kappa shape index (κ2) is 11.9. The standard InChI is InChI=1S/C31H33NO5/c1-4-22-9-11-24(12-10-22)28-27(30(34)31(35)32(28)17-6-18-36-3)29(33)25-13-15-26(16-14-25)37-20-23-8-5-7-21(2)19-23/h5,7-16,19,28,33H,4,6,17-18,20H2,1-3H3/b29-27+/t28-/m0/s1. The van der Waals surface area contributed by atoms with E-state index in [1.54, 1.807) is 31.4 Å². The molecule has 1 saturated heterocycles. The molecule has 192 valence electrons. The quantitative estimate of drug-likeness (QED) is 0.170. The van der Waals surface area contributed by atoms with Crippen LogP contribution in [0.15, 0.2) is 78.4 Å². The molecule has 4 rings (SSSR count). The summed E-state index contributed by atoms with van der Waals surface area (Å²) in [6.07, 6.45) is 1.46. The minimum Gasteiger partial charge on any atom is -0.507 e. The molecule has 1 aliphatic rings. The maximum absolute atomic E-state index is 13.2. The largest absolute Gasteiger partial charge is 0.507 e. The smallest absolute Gasteiger partial charge is 0.295 e. The number of amides is 1. The highest BCUT2D eigenvalue weighted by Crippen LogP contribution is 2.39. The first kappa shape index (κ1) is 26.2. The van der Waals surface area contributed by atoms with Gasteiger partial charge >= 0.3 is 0 Å². The number of aliphatic hydroxyl groups excluding tert-OH is 1. The minimum absolute atomic E-state index is 0.0973. The van der Waals surface area contributed by atoms with Crippen LogP contribution in [0, 0.1) is 6.92 Å². The molecule has 3 aromatic rings. The number of carbonyl (C=O) groups is 2. The summed E-state index contributed by atoms with van der Waals surface area (Å²) < 4.78 is 11.0. The fraction of sp³-hybridized carbons (Fsp3) is 0.290. The van der Waals surface area contributed by atoms with E-state index < -0.39 is 17.7 Å². The monoisotopic (exact) mass is 499 g/mol. The van der Waals surface area contributed by atoms with Gasteiger partial charge in [-0.05, 0) is 60.7 Å². The Balaban J connectivity index is 1.63. The average Bonchev–Trinajstić information content (AvgIpc) is 3.17. The Morgan fingerprint density at radius 1 is 0.973 bits per heavy atom. The molecule has 0 spiro atoms. The molecule has 3 aromatic carbocycles. The first-order valence-electron chi connectivity index (χ1n) is 12.6. The third-order valence-electron chi connectivity index (χ3n) is 6.61. The third-order valence-corrected chi connectivity index (χ3v) is 6.61. The molecular formula is C31H33NO5. The van der Waals surface area contributed by atoms with Gasteiger partial charge in [-0.3, -0.25) is 9.59 Å². The summed E-state index contributed by atoms with van der Waals surface area (Å²) in [7, 11) is 1.60. The number of benzene rings is 3. The number of nitrogens with zero attached hydrogens (tertiary/aromatic N) is 1. The lowest BCUT2D eigenvalue weighted by Gasteiger charge is -2.25. The molecule has 0 unspecified atom stereocenters. The molecule has 1 fully saturated rings. The van der Waals surface area contributed by atoms with Crippen molar-refractivity contribution >= 4 is 17.4 Å². The molecule has 1 aliphatic heterocycles. The molecule has 1 heterocycles. The lowest BCUT2D eigenvalue weighted by atomic mass is 9.94. The molecule has 0 radical (unpaired) electrons. The number of rotatable bonds is 10. The van der Waals surface area contributed by atoms with Crippen molar-refractivity contribution in [2.45, 2.75) is 39.3 Å². The van der Waals surface area contributed by atoms with E-state index in [1.807, 2.05) is 49.4 Å². The Kier molecular flexibility index (Phi) is 8.41. The van der Waals surface area contributed by atoms with E-state index in [-0.39, 0.29) is 11.3 Å². The summed E-state index contributed by atoms with van der Waals surface area (Å²) in [4.78, 5) is 27.7. The number of ketones is 1. The molecule has 6 heteroatoms. The lowest BCUT2D eigenvalue weighted by molar-refractivity contribution is -0.140. The van der Waals surface area contributed by atoms with Crippen LogP contribution in [0.5, 0.6) is 5.75 Å². The lowest BCUT2D eigenvalue weighted by Crippen LogP contribution is -2.31. The van der Waals surface area contributed by atoms with E-state index in [2.05, 4.69) is 13.0 Å². The van der Waals surface area contributed by atoms with E-state index >= 15 is 0 Å². The van der Waals surface area contributed by atoms with Gasteiger partial charge in [-0.25, -0.2) is 0 Å². The highest BCUT2D eigenvalue weighted by molar-refractivity contribution is 6.46. The number of likely N-dealkylation sites (tertiary alicyclic amines) is 1. The van der Waals surface area contributed by atoms with Crippen molar-refractivity contribution in [3.8, 4) is 5.75 Å². The molecule has 0 aliphatic carbocycles. The molecule has 0 aromatic heterocycles. The molecule has 6 nitrogen and oxygen atoms in total.